The fourth-order valence-electron chi connectivity index (χ4n) is 3.88. The van der Waals surface area contributed by atoms with Crippen molar-refractivity contribution in [3.8, 4) is 11.5 Å². The lowest BCUT2D eigenvalue weighted by molar-refractivity contribution is -0.142. The number of nitrogens with zero attached hydrogens (tertiary/aromatic N) is 2. The summed E-state index contributed by atoms with van der Waals surface area (Å²) in [5, 5.41) is 3.48. The number of carbonyl (C=O) groups excluding carboxylic acids is 2. The second-order valence-electron chi connectivity index (χ2n) is 8.51. The van der Waals surface area contributed by atoms with E-state index in [2.05, 4.69) is 22.2 Å². The maximum Gasteiger partial charge on any atom is 0.302 e. The first-order chi connectivity index (χ1) is 18.3. The lowest BCUT2D eigenvalue weighted by Crippen LogP contribution is -2.22. The van der Waals surface area contributed by atoms with Crippen molar-refractivity contribution in [1.82, 2.24) is 4.98 Å². The van der Waals surface area contributed by atoms with Crippen LogP contribution in [0.15, 0.2) is 64.1 Å². The van der Waals surface area contributed by atoms with Crippen molar-refractivity contribution >= 4 is 34.2 Å². The van der Waals surface area contributed by atoms with E-state index in [0.29, 0.717) is 45.1 Å². The summed E-state index contributed by atoms with van der Waals surface area (Å²) < 4.78 is 22.1. The van der Waals surface area contributed by atoms with Gasteiger partial charge < -0.3 is 23.9 Å². The number of benzene rings is 2. The SMILES string of the molecule is CCc1cccc(N=c2oc3c(C)ncc(COC(C)=O)c3cc2C(=O)Nc2ccc(OC)cc2OC)c1. The third-order valence-electron chi connectivity index (χ3n) is 5.93. The topological polar surface area (TPSA) is 112 Å². The molecule has 0 saturated heterocycles. The number of rotatable bonds is 8. The van der Waals surface area contributed by atoms with Crippen molar-refractivity contribution in [1.29, 1.82) is 0 Å². The van der Waals surface area contributed by atoms with Gasteiger partial charge in [0.05, 0.1) is 31.3 Å². The molecule has 1 amide bonds. The van der Waals surface area contributed by atoms with Crippen LogP contribution in [-0.4, -0.2) is 31.1 Å². The van der Waals surface area contributed by atoms with E-state index in [4.69, 9.17) is 18.6 Å². The third-order valence-corrected chi connectivity index (χ3v) is 5.93. The van der Waals surface area contributed by atoms with Crippen LogP contribution in [0.1, 0.15) is 41.0 Å². The smallest absolute Gasteiger partial charge is 0.302 e. The maximum absolute atomic E-state index is 13.7. The number of aromatic nitrogens is 1. The molecule has 4 aromatic rings. The summed E-state index contributed by atoms with van der Waals surface area (Å²) in [7, 11) is 3.06. The van der Waals surface area contributed by atoms with E-state index in [1.54, 1.807) is 44.5 Å². The zero-order chi connectivity index (χ0) is 27.2. The summed E-state index contributed by atoms with van der Waals surface area (Å²) in [6, 6.07) is 14.5. The summed E-state index contributed by atoms with van der Waals surface area (Å²) in [4.78, 5) is 34.2. The van der Waals surface area contributed by atoms with Crippen LogP contribution in [0.4, 0.5) is 11.4 Å². The molecule has 0 aliphatic rings. The molecule has 9 heteroatoms. The van der Waals surface area contributed by atoms with Gasteiger partial charge in [0.25, 0.3) is 5.91 Å². The monoisotopic (exact) mass is 515 g/mol. The number of anilines is 1. The fourth-order valence-corrected chi connectivity index (χ4v) is 3.88. The van der Waals surface area contributed by atoms with Crippen LogP contribution in [0.3, 0.4) is 0 Å². The molecule has 1 N–H and O–H groups in total. The van der Waals surface area contributed by atoms with Crippen LogP contribution in [-0.2, 0) is 22.6 Å². The molecule has 2 aromatic heterocycles. The van der Waals surface area contributed by atoms with Gasteiger partial charge in [0.2, 0.25) is 5.55 Å². The molecule has 0 spiro atoms. The van der Waals surface area contributed by atoms with Gasteiger partial charge in [-0.25, -0.2) is 4.99 Å². The molecule has 2 aromatic carbocycles. The van der Waals surface area contributed by atoms with Gasteiger partial charge in [-0.3, -0.25) is 14.6 Å². The zero-order valence-electron chi connectivity index (χ0n) is 22.0. The number of carbonyl (C=O) groups is 2. The Morgan fingerprint density at radius 2 is 1.89 bits per heavy atom. The predicted octanol–water partition coefficient (Wildman–Crippen LogP) is 5.26. The van der Waals surface area contributed by atoms with E-state index in [9.17, 15) is 9.59 Å². The highest BCUT2D eigenvalue weighted by molar-refractivity contribution is 6.06. The molecule has 0 bridgehead atoms. The average molecular weight is 516 g/mol. The van der Waals surface area contributed by atoms with Gasteiger partial charge >= 0.3 is 5.97 Å². The minimum Gasteiger partial charge on any atom is -0.497 e. The number of amides is 1. The van der Waals surface area contributed by atoms with Crippen LogP contribution in [0.2, 0.25) is 0 Å². The number of pyridine rings is 1. The Morgan fingerprint density at radius 3 is 2.61 bits per heavy atom. The molecule has 0 fully saturated rings. The van der Waals surface area contributed by atoms with E-state index >= 15 is 0 Å². The van der Waals surface area contributed by atoms with Crippen molar-refractivity contribution < 1.29 is 28.2 Å². The molecule has 196 valence electrons. The first-order valence-corrected chi connectivity index (χ1v) is 12.1. The van der Waals surface area contributed by atoms with Crippen molar-refractivity contribution in [2.45, 2.75) is 33.8 Å². The molecular weight excluding hydrogens is 486 g/mol. The number of hydrogen-bond acceptors (Lipinski definition) is 8. The number of methoxy groups -OCH3 is 2. The highest BCUT2D eigenvalue weighted by Gasteiger charge is 2.19. The highest BCUT2D eigenvalue weighted by atomic mass is 16.5. The van der Waals surface area contributed by atoms with Gasteiger partial charge in [-0.2, -0.15) is 0 Å². The molecule has 9 nitrogen and oxygen atoms in total. The number of aryl methyl sites for hydroxylation is 2. The first kappa shape index (κ1) is 26.4. The summed E-state index contributed by atoms with van der Waals surface area (Å²) in [5.41, 5.74) is 4.14. The van der Waals surface area contributed by atoms with Crippen molar-refractivity contribution in [3.63, 3.8) is 0 Å². The Morgan fingerprint density at radius 1 is 1.08 bits per heavy atom. The van der Waals surface area contributed by atoms with Crippen molar-refractivity contribution in [2.75, 3.05) is 19.5 Å². The fraction of sp³-hybridized carbons (Fsp3) is 0.241. The molecular formula is C29H29N3O6. The Bertz CT molecular complexity index is 1570. The lowest BCUT2D eigenvalue weighted by Gasteiger charge is -2.13. The molecule has 0 unspecified atom stereocenters. The lowest BCUT2D eigenvalue weighted by atomic mass is 10.1. The standard InChI is InChI=1S/C29H29N3O6/c1-6-19-8-7-9-21(12-19)31-29-24(28(34)32-25-11-10-22(35-4)13-26(25)36-5)14-23-20(16-37-18(3)33)15-30-17(2)27(23)38-29/h7-15H,6,16H2,1-5H3,(H,32,34). The molecule has 4 rings (SSSR count). The molecule has 0 radical (unpaired) electrons. The summed E-state index contributed by atoms with van der Waals surface area (Å²) >= 11 is 0. The number of hydrogen-bond donors (Lipinski definition) is 1. The van der Waals surface area contributed by atoms with Gasteiger partial charge in [0.15, 0.2) is 5.58 Å². The van der Waals surface area contributed by atoms with Gasteiger partial charge in [0.1, 0.15) is 23.7 Å². The highest BCUT2D eigenvalue weighted by Crippen LogP contribution is 2.30. The van der Waals surface area contributed by atoms with Crippen LogP contribution < -0.4 is 20.3 Å². The van der Waals surface area contributed by atoms with Crippen molar-refractivity contribution in [2.24, 2.45) is 4.99 Å². The van der Waals surface area contributed by atoms with E-state index in [0.717, 1.165) is 12.0 Å². The van der Waals surface area contributed by atoms with Gasteiger partial charge in [-0.05, 0) is 49.2 Å². The van der Waals surface area contributed by atoms with E-state index in [-0.39, 0.29) is 17.7 Å². The second kappa shape index (κ2) is 11.6. The average Bonchev–Trinajstić information content (AvgIpc) is 2.92. The number of fused-ring (bicyclic) bond motifs is 1. The Hall–Kier alpha value is -4.66. The van der Waals surface area contributed by atoms with Crippen molar-refractivity contribution in [3.05, 3.63) is 82.7 Å². The summed E-state index contributed by atoms with van der Waals surface area (Å²) in [5.74, 6) is 0.130. The van der Waals surface area contributed by atoms with Crippen LogP contribution in [0.5, 0.6) is 11.5 Å². The normalized spacial score (nSPS) is 11.3. The third kappa shape index (κ3) is 5.83. The largest absolute Gasteiger partial charge is 0.497 e. The molecule has 38 heavy (non-hydrogen) atoms. The van der Waals surface area contributed by atoms with E-state index in [1.165, 1.54) is 14.0 Å². The quantitative estimate of drug-likeness (QED) is 0.318. The molecule has 0 atom stereocenters. The van der Waals surface area contributed by atoms with E-state index < -0.39 is 11.9 Å². The van der Waals surface area contributed by atoms with Gasteiger partial charge in [-0.15, -0.1) is 0 Å². The predicted molar refractivity (Wildman–Crippen MR) is 143 cm³/mol. The number of ether oxygens (including phenoxy) is 3. The van der Waals surface area contributed by atoms with Crippen LogP contribution >= 0.6 is 0 Å². The number of nitrogens with one attached hydrogen (secondary N) is 1. The van der Waals surface area contributed by atoms with Crippen LogP contribution in [0, 0.1) is 6.92 Å². The Balaban J connectivity index is 1.90. The summed E-state index contributed by atoms with van der Waals surface area (Å²) in [6.45, 7) is 5.17. The zero-order valence-corrected chi connectivity index (χ0v) is 22.0. The molecule has 0 aliphatic carbocycles. The molecule has 0 aliphatic heterocycles. The van der Waals surface area contributed by atoms with Gasteiger partial charge in [0, 0.05) is 30.1 Å². The first-order valence-electron chi connectivity index (χ1n) is 12.1. The van der Waals surface area contributed by atoms with Gasteiger partial charge in [-0.1, -0.05) is 19.1 Å². The second-order valence-corrected chi connectivity index (χ2v) is 8.51. The minimum absolute atomic E-state index is 0.0168. The minimum atomic E-state index is -0.461. The number of esters is 1. The Labute approximate surface area is 220 Å². The molecule has 2 heterocycles. The maximum atomic E-state index is 13.7. The Kier molecular flexibility index (Phi) is 8.06. The van der Waals surface area contributed by atoms with E-state index in [1.807, 2.05) is 24.3 Å². The summed E-state index contributed by atoms with van der Waals surface area (Å²) in [6.07, 6.45) is 2.44. The molecule has 0 saturated carbocycles. The van der Waals surface area contributed by atoms with Crippen LogP contribution in [0.25, 0.3) is 11.0 Å².